The van der Waals surface area contributed by atoms with Crippen molar-refractivity contribution in [1.29, 1.82) is 0 Å². The number of hydrogen-bond acceptors (Lipinski definition) is 3. The van der Waals surface area contributed by atoms with E-state index in [9.17, 15) is 5.11 Å². The van der Waals surface area contributed by atoms with Gasteiger partial charge in [-0.15, -0.1) is 0 Å². The minimum atomic E-state index is 0.282. The molecule has 19 heavy (non-hydrogen) atoms. The zero-order valence-corrected chi connectivity index (χ0v) is 12.1. The topological polar surface area (TPSA) is 35.5 Å². The van der Waals surface area contributed by atoms with Gasteiger partial charge in [-0.25, -0.2) is 0 Å². The van der Waals surface area contributed by atoms with Crippen LogP contribution in [0.3, 0.4) is 0 Å². The predicted octanol–water partition coefficient (Wildman–Crippen LogP) is 2.92. The molecule has 1 aliphatic carbocycles. The maximum absolute atomic E-state index is 9.48. The molecule has 2 rings (SSSR count). The summed E-state index contributed by atoms with van der Waals surface area (Å²) in [4.78, 5) is 2.48. The normalized spacial score (nSPS) is 18.1. The van der Waals surface area contributed by atoms with Crippen molar-refractivity contribution in [2.75, 3.05) is 20.1 Å². The lowest BCUT2D eigenvalue weighted by molar-refractivity contribution is 0.243. The molecule has 0 saturated heterocycles. The fourth-order valence-electron chi connectivity index (χ4n) is 2.90. The Morgan fingerprint density at radius 3 is 2.79 bits per heavy atom. The molecule has 2 N–H and O–H groups in total. The summed E-state index contributed by atoms with van der Waals surface area (Å²) in [6.45, 7) is 4.22. The molecule has 0 aromatic heterocycles. The van der Waals surface area contributed by atoms with Crippen LogP contribution in [0, 0.1) is 0 Å². The summed E-state index contributed by atoms with van der Waals surface area (Å²) in [6.07, 6.45) is 5.50. The van der Waals surface area contributed by atoms with Crippen LogP contribution in [0.25, 0.3) is 0 Å². The third-order valence-corrected chi connectivity index (χ3v) is 4.23. The molecule has 0 bridgehead atoms. The number of nitrogens with zero attached hydrogens (tertiary/aromatic N) is 1. The summed E-state index contributed by atoms with van der Waals surface area (Å²) < 4.78 is 0. The first-order chi connectivity index (χ1) is 9.16. The molecule has 1 unspecified atom stereocenters. The highest BCUT2D eigenvalue weighted by Gasteiger charge is 2.18. The van der Waals surface area contributed by atoms with Crippen LogP contribution in [-0.2, 0) is 0 Å². The van der Waals surface area contributed by atoms with E-state index in [0.29, 0.717) is 5.75 Å². The van der Waals surface area contributed by atoms with Crippen molar-refractivity contribution in [1.82, 2.24) is 10.2 Å². The fraction of sp³-hybridized carbons (Fsp3) is 0.625. The number of phenols is 1. The quantitative estimate of drug-likeness (QED) is 0.827. The largest absolute Gasteiger partial charge is 0.508 e. The van der Waals surface area contributed by atoms with E-state index >= 15 is 0 Å². The van der Waals surface area contributed by atoms with Crippen LogP contribution >= 0.6 is 0 Å². The molecule has 1 aromatic rings. The Morgan fingerprint density at radius 2 is 2.11 bits per heavy atom. The number of phenolic OH excluding ortho intramolecular Hbond substituents is 1. The summed E-state index contributed by atoms with van der Waals surface area (Å²) in [6, 6.07) is 8.57. The van der Waals surface area contributed by atoms with E-state index in [1.165, 1.54) is 25.7 Å². The zero-order chi connectivity index (χ0) is 13.7. The van der Waals surface area contributed by atoms with Gasteiger partial charge < -0.3 is 15.3 Å². The lowest BCUT2D eigenvalue weighted by Gasteiger charge is -2.25. The minimum Gasteiger partial charge on any atom is -0.508 e. The fourth-order valence-corrected chi connectivity index (χ4v) is 2.90. The highest BCUT2D eigenvalue weighted by atomic mass is 16.3. The van der Waals surface area contributed by atoms with Gasteiger partial charge in [0.05, 0.1) is 0 Å². The molecule has 0 spiro atoms. The molecule has 3 nitrogen and oxygen atoms in total. The summed E-state index contributed by atoms with van der Waals surface area (Å²) in [5, 5.41) is 13.0. The molecule has 1 aliphatic rings. The van der Waals surface area contributed by atoms with Gasteiger partial charge in [0.15, 0.2) is 0 Å². The minimum absolute atomic E-state index is 0.282. The smallest absolute Gasteiger partial charge is 0.115 e. The number of rotatable bonds is 6. The Balaban J connectivity index is 1.72. The molecule has 1 fully saturated rings. The van der Waals surface area contributed by atoms with E-state index in [-0.39, 0.29) is 6.04 Å². The molecule has 0 radical (unpaired) electrons. The molecular formula is C16H26N2O. The molecule has 0 amide bonds. The van der Waals surface area contributed by atoms with Crippen molar-refractivity contribution in [2.45, 2.75) is 44.7 Å². The van der Waals surface area contributed by atoms with Crippen molar-refractivity contribution < 1.29 is 5.11 Å². The van der Waals surface area contributed by atoms with Gasteiger partial charge >= 0.3 is 0 Å². The summed E-state index contributed by atoms with van der Waals surface area (Å²) in [5.74, 6) is 0.342. The van der Waals surface area contributed by atoms with E-state index in [0.717, 1.165) is 24.7 Å². The van der Waals surface area contributed by atoms with Gasteiger partial charge in [0.2, 0.25) is 0 Å². The van der Waals surface area contributed by atoms with Crippen molar-refractivity contribution in [2.24, 2.45) is 0 Å². The number of benzene rings is 1. The van der Waals surface area contributed by atoms with Crippen LogP contribution < -0.4 is 5.32 Å². The van der Waals surface area contributed by atoms with Gasteiger partial charge in [-0.2, -0.15) is 0 Å². The van der Waals surface area contributed by atoms with Crippen LogP contribution in [-0.4, -0.2) is 36.2 Å². The van der Waals surface area contributed by atoms with Crippen molar-refractivity contribution in [3.05, 3.63) is 29.8 Å². The van der Waals surface area contributed by atoms with E-state index in [1.54, 1.807) is 6.07 Å². The number of hydrogen-bond donors (Lipinski definition) is 2. The predicted molar refractivity (Wildman–Crippen MR) is 79.4 cm³/mol. The van der Waals surface area contributed by atoms with Gasteiger partial charge in [0, 0.05) is 25.2 Å². The molecule has 106 valence electrons. The van der Waals surface area contributed by atoms with Crippen molar-refractivity contribution in [3.8, 4) is 5.75 Å². The number of aromatic hydroxyl groups is 1. The Kier molecular flexibility index (Phi) is 5.23. The molecular weight excluding hydrogens is 236 g/mol. The van der Waals surface area contributed by atoms with Crippen LogP contribution in [0.2, 0.25) is 0 Å². The van der Waals surface area contributed by atoms with Gasteiger partial charge in [0.25, 0.3) is 0 Å². The standard InChI is InChI=1S/C16H26N2O/c1-13(14-6-5-9-16(19)12-14)17-10-11-18(2)15-7-3-4-8-15/h5-6,9,12-13,15,17,19H,3-4,7-8,10-11H2,1-2H3. The Bertz CT molecular complexity index is 388. The molecule has 0 heterocycles. The SMILES string of the molecule is CC(NCCN(C)C1CCCC1)c1cccc(O)c1. The van der Waals surface area contributed by atoms with Gasteiger partial charge in [-0.3, -0.25) is 0 Å². The summed E-state index contributed by atoms with van der Waals surface area (Å²) in [7, 11) is 2.23. The molecule has 0 aliphatic heterocycles. The lowest BCUT2D eigenvalue weighted by Crippen LogP contribution is -2.36. The average Bonchev–Trinajstić information content (AvgIpc) is 2.92. The summed E-state index contributed by atoms with van der Waals surface area (Å²) in [5.41, 5.74) is 1.14. The zero-order valence-electron chi connectivity index (χ0n) is 12.1. The Labute approximate surface area is 116 Å². The first-order valence-electron chi connectivity index (χ1n) is 7.39. The Morgan fingerprint density at radius 1 is 1.37 bits per heavy atom. The second kappa shape index (κ2) is 6.92. The first kappa shape index (κ1) is 14.4. The Hall–Kier alpha value is -1.06. The van der Waals surface area contributed by atoms with Gasteiger partial charge in [0.1, 0.15) is 5.75 Å². The van der Waals surface area contributed by atoms with E-state index < -0.39 is 0 Å². The lowest BCUT2D eigenvalue weighted by atomic mass is 10.1. The van der Waals surface area contributed by atoms with Crippen LogP contribution in [0.15, 0.2) is 24.3 Å². The highest BCUT2D eigenvalue weighted by Crippen LogP contribution is 2.22. The van der Waals surface area contributed by atoms with Crippen LogP contribution in [0.1, 0.15) is 44.2 Å². The molecule has 1 atom stereocenters. The second-order valence-corrected chi connectivity index (χ2v) is 5.69. The number of likely N-dealkylation sites (N-methyl/N-ethyl adjacent to an activating group) is 1. The first-order valence-corrected chi connectivity index (χ1v) is 7.39. The molecule has 1 saturated carbocycles. The second-order valence-electron chi connectivity index (χ2n) is 5.69. The molecule has 1 aromatic carbocycles. The monoisotopic (exact) mass is 262 g/mol. The van der Waals surface area contributed by atoms with Gasteiger partial charge in [-0.1, -0.05) is 25.0 Å². The van der Waals surface area contributed by atoms with Crippen LogP contribution in [0.5, 0.6) is 5.75 Å². The van der Waals surface area contributed by atoms with Gasteiger partial charge in [-0.05, 0) is 44.5 Å². The molecule has 3 heteroatoms. The summed E-state index contributed by atoms with van der Waals surface area (Å²) >= 11 is 0. The van der Waals surface area contributed by atoms with E-state index in [1.807, 2.05) is 12.1 Å². The van der Waals surface area contributed by atoms with Crippen LogP contribution in [0.4, 0.5) is 0 Å². The highest BCUT2D eigenvalue weighted by molar-refractivity contribution is 5.28. The maximum Gasteiger partial charge on any atom is 0.115 e. The van der Waals surface area contributed by atoms with Crippen molar-refractivity contribution in [3.63, 3.8) is 0 Å². The third-order valence-electron chi connectivity index (χ3n) is 4.23. The third kappa shape index (κ3) is 4.22. The average molecular weight is 262 g/mol. The van der Waals surface area contributed by atoms with E-state index in [4.69, 9.17) is 0 Å². The van der Waals surface area contributed by atoms with Crippen molar-refractivity contribution >= 4 is 0 Å². The maximum atomic E-state index is 9.48. The number of nitrogens with one attached hydrogen (secondary N) is 1. The van der Waals surface area contributed by atoms with E-state index in [2.05, 4.69) is 30.3 Å².